The summed E-state index contributed by atoms with van der Waals surface area (Å²) < 4.78 is 32.2. The first-order valence-electron chi connectivity index (χ1n) is 7.79. The standard InChI is InChI=1S/C18H18F2N2O2/c19-14-4-3-5-15(12-14)24-13-18(23)22-10-8-21(9-11-22)17-7-2-1-6-16(17)20/h1-7,12H,8-11,13H2. The Morgan fingerprint density at radius 2 is 1.75 bits per heavy atom. The minimum atomic E-state index is -0.404. The van der Waals surface area contributed by atoms with Crippen LogP contribution in [0.5, 0.6) is 5.75 Å². The molecule has 1 aliphatic heterocycles. The van der Waals surface area contributed by atoms with Crippen LogP contribution < -0.4 is 9.64 Å². The van der Waals surface area contributed by atoms with Gasteiger partial charge in [-0.3, -0.25) is 4.79 Å². The number of hydrogen-bond acceptors (Lipinski definition) is 3. The summed E-state index contributed by atoms with van der Waals surface area (Å²) in [4.78, 5) is 15.8. The third-order valence-corrected chi connectivity index (χ3v) is 3.98. The van der Waals surface area contributed by atoms with Crippen LogP contribution in [0.3, 0.4) is 0 Å². The molecular weight excluding hydrogens is 314 g/mol. The van der Waals surface area contributed by atoms with E-state index in [9.17, 15) is 13.6 Å². The molecule has 0 N–H and O–H groups in total. The number of para-hydroxylation sites is 1. The molecule has 24 heavy (non-hydrogen) atoms. The number of carbonyl (C=O) groups is 1. The number of amides is 1. The fourth-order valence-electron chi connectivity index (χ4n) is 2.70. The third kappa shape index (κ3) is 3.82. The number of rotatable bonds is 4. The van der Waals surface area contributed by atoms with E-state index in [4.69, 9.17) is 4.74 Å². The van der Waals surface area contributed by atoms with Crippen LogP contribution in [0.2, 0.25) is 0 Å². The molecule has 1 saturated heterocycles. The van der Waals surface area contributed by atoms with E-state index in [-0.39, 0.29) is 18.3 Å². The summed E-state index contributed by atoms with van der Waals surface area (Å²) in [5.74, 6) is -0.494. The molecule has 1 fully saturated rings. The number of piperazine rings is 1. The summed E-state index contributed by atoms with van der Waals surface area (Å²) in [6.45, 7) is 1.99. The van der Waals surface area contributed by atoms with Crippen molar-refractivity contribution in [1.82, 2.24) is 4.90 Å². The molecule has 2 aromatic rings. The molecule has 4 nitrogen and oxygen atoms in total. The fraction of sp³-hybridized carbons (Fsp3) is 0.278. The van der Waals surface area contributed by atoms with Gasteiger partial charge in [-0.1, -0.05) is 18.2 Å². The molecule has 0 bridgehead atoms. The maximum absolute atomic E-state index is 13.8. The third-order valence-electron chi connectivity index (χ3n) is 3.98. The number of hydrogen-bond donors (Lipinski definition) is 0. The van der Waals surface area contributed by atoms with Gasteiger partial charge in [0, 0.05) is 32.2 Å². The van der Waals surface area contributed by atoms with Crippen LogP contribution in [0.4, 0.5) is 14.5 Å². The lowest BCUT2D eigenvalue weighted by Gasteiger charge is -2.36. The average Bonchev–Trinajstić information content (AvgIpc) is 2.60. The van der Waals surface area contributed by atoms with Gasteiger partial charge in [0.15, 0.2) is 6.61 Å². The Balaban J connectivity index is 1.51. The van der Waals surface area contributed by atoms with Crippen molar-refractivity contribution >= 4 is 11.6 Å². The highest BCUT2D eigenvalue weighted by Crippen LogP contribution is 2.20. The molecule has 0 radical (unpaired) electrons. The molecule has 1 heterocycles. The molecule has 0 unspecified atom stereocenters. The Morgan fingerprint density at radius 1 is 1.00 bits per heavy atom. The molecule has 0 saturated carbocycles. The lowest BCUT2D eigenvalue weighted by Crippen LogP contribution is -2.50. The van der Waals surface area contributed by atoms with Gasteiger partial charge >= 0.3 is 0 Å². The molecule has 3 rings (SSSR count). The summed E-state index contributed by atoms with van der Waals surface area (Å²) in [6.07, 6.45) is 0. The first kappa shape index (κ1) is 16.2. The minimum absolute atomic E-state index is 0.136. The van der Waals surface area contributed by atoms with Crippen molar-refractivity contribution in [2.24, 2.45) is 0 Å². The van der Waals surface area contributed by atoms with Gasteiger partial charge in [-0.05, 0) is 24.3 Å². The molecule has 2 aromatic carbocycles. The zero-order valence-corrected chi connectivity index (χ0v) is 13.1. The molecule has 0 aliphatic carbocycles. The lowest BCUT2D eigenvalue weighted by atomic mass is 10.2. The van der Waals surface area contributed by atoms with E-state index in [0.717, 1.165) is 0 Å². The SMILES string of the molecule is O=C(COc1cccc(F)c1)N1CCN(c2ccccc2F)CC1. The molecule has 1 amide bonds. The van der Waals surface area contributed by atoms with Gasteiger partial charge in [0.1, 0.15) is 17.4 Å². The topological polar surface area (TPSA) is 32.8 Å². The van der Waals surface area contributed by atoms with Crippen LogP contribution in [-0.4, -0.2) is 43.6 Å². The number of ether oxygens (including phenoxy) is 1. The van der Waals surface area contributed by atoms with Crippen molar-refractivity contribution in [3.05, 3.63) is 60.2 Å². The monoisotopic (exact) mass is 332 g/mol. The highest BCUT2D eigenvalue weighted by molar-refractivity contribution is 5.78. The summed E-state index contributed by atoms with van der Waals surface area (Å²) in [7, 11) is 0. The van der Waals surface area contributed by atoms with E-state index >= 15 is 0 Å². The number of anilines is 1. The van der Waals surface area contributed by atoms with Gasteiger partial charge in [0.25, 0.3) is 5.91 Å². The fourth-order valence-corrected chi connectivity index (χ4v) is 2.70. The lowest BCUT2D eigenvalue weighted by molar-refractivity contribution is -0.133. The smallest absolute Gasteiger partial charge is 0.260 e. The van der Waals surface area contributed by atoms with Crippen LogP contribution in [0.15, 0.2) is 48.5 Å². The largest absolute Gasteiger partial charge is 0.484 e. The van der Waals surface area contributed by atoms with Crippen LogP contribution >= 0.6 is 0 Å². The molecular formula is C18H18F2N2O2. The Labute approximate surface area is 139 Å². The van der Waals surface area contributed by atoms with Gasteiger partial charge in [0.05, 0.1) is 5.69 Å². The van der Waals surface area contributed by atoms with Gasteiger partial charge in [-0.2, -0.15) is 0 Å². The molecule has 6 heteroatoms. The van der Waals surface area contributed by atoms with Gasteiger partial charge in [-0.25, -0.2) is 8.78 Å². The zero-order chi connectivity index (χ0) is 16.9. The molecule has 0 atom stereocenters. The Hall–Kier alpha value is -2.63. The summed E-state index contributed by atoms with van der Waals surface area (Å²) in [5.41, 5.74) is 0.556. The van der Waals surface area contributed by atoms with E-state index in [1.54, 1.807) is 29.2 Å². The van der Waals surface area contributed by atoms with Crippen LogP contribution in [0.1, 0.15) is 0 Å². The van der Waals surface area contributed by atoms with E-state index in [1.165, 1.54) is 24.3 Å². The second kappa shape index (κ2) is 7.29. The van der Waals surface area contributed by atoms with Gasteiger partial charge in [-0.15, -0.1) is 0 Å². The van der Waals surface area contributed by atoms with Crippen molar-refractivity contribution < 1.29 is 18.3 Å². The van der Waals surface area contributed by atoms with E-state index in [0.29, 0.717) is 37.6 Å². The van der Waals surface area contributed by atoms with Crippen molar-refractivity contribution in [3.8, 4) is 5.75 Å². The summed E-state index contributed by atoms with van der Waals surface area (Å²) in [6, 6.07) is 12.3. The number of nitrogens with zero attached hydrogens (tertiary/aromatic N) is 2. The molecule has 1 aliphatic rings. The molecule has 126 valence electrons. The van der Waals surface area contributed by atoms with Gasteiger partial charge < -0.3 is 14.5 Å². The summed E-state index contributed by atoms with van der Waals surface area (Å²) in [5, 5.41) is 0. The number of halogens is 2. The van der Waals surface area contributed by atoms with Crippen molar-refractivity contribution in [2.75, 3.05) is 37.7 Å². The number of carbonyl (C=O) groups excluding carboxylic acids is 1. The predicted molar refractivity (Wildman–Crippen MR) is 87.1 cm³/mol. The van der Waals surface area contributed by atoms with Crippen LogP contribution in [-0.2, 0) is 4.79 Å². The quantitative estimate of drug-likeness (QED) is 0.863. The number of benzene rings is 2. The summed E-state index contributed by atoms with van der Waals surface area (Å²) >= 11 is 0. The molecule has 0 aromatic heterocycles. The zero-order valence-electron chi connectivity index (χ0n) is 13.1. The van der Waals surface area contributed by atoms with E-state index in [1.807, 2.05) is 4.90 Å². The van der Waals surface area contributed by atoms with E-state index in [2.05, 4.69) is 0 Å². The average molecular weight is 332 g/mol. The first-order valence-corrected chi connectivity index (χ1v) is 7.79. The van der Waals surface area contributed by atoms with Crippen LogP contribution in [0.25, 0.3) is 0 Å². The highest BCUT2D eigenvalue weighted by Gasteiger charge is 2.22. The van der Waals surface area contributed by atoms with Crippen molar-refractivity contribution in [3.63, 3.8) is 0 Å². The molecule has 0 spiro atoms. The Morgan fingerprint density at radius 3 is 2.46 bits per heavy atom. The van der Waals surface area contributed by atoms with Gasteiger partial charge in [0.2, 0.25) is 0 Å². The van der Waals surface area contributed by atoms with Crippen molar-refractivity contribution in [2.45, 2.75) is 0 Å². The normalized spacial score (nSPS) is 14.6. The Bertz CT molecular complexity index is 716. The maximum Gasteiger partial charge on any atom is 0.260 e. The van der Waals surface area contributed by atoms with Crippen molar-refractivity contribution in [1.29, 1.82) is 0 Å². The maximum atomic E-state index is 13.8. The highest BCUT2D eigenvalue weighted by atomic mass is 19.1. The first-order chi connectivity index (χ1) is 11.6. The minimum Gasteiger partial charge on any atom is -0.484 e. The Kier molecular flexibility index (Phi) is 4.93. The van der Waals surface area contributed by atoms with Crippen LogP contribution in [0, 0.1) is 11.6 Å². The second-order valence-electron chi connectivity index (χ2n) is 5.57. The van der Waals surface area contributed by atoms with E-state index < -0.39 is 5.82 Å². The predicted octanol–water partition coefficient (Wildman–Crippen LogP) is 2.69. The second-order valence-corrected chi connectivity index (χ2v) is 5.57.